The Bertz CT molecular complexity index is 656. The minimum Gasteiger partial charge on any atom is -0.380 e. The van der Waals surface area contributed by atoms with Crippen molar-refractivity contribution in [1.29, 1.82) is 0 Å². The summed E-state index contributed by atoms with van der Waals surface area (Å²) in [6, 6.07) is 2.17. The van der Waals surface area contributed by atoms with Crippen LogP contribution in [-0.4, -0.2) is 50.3 Å². The highest BCUT2D eigenvalue weighted by Gasteiger charge is 2.26. The molecule has 1 aliphatic heterocycles. The van der Waals surface area contributed by atoms with Crippen LogP contribution in [0.25, 0.3) is 0 Å². The van der Waals surface area contributed by atoms with Gasteiger partial charge in [-0.1, -0.05) is 11.6 Å². The lowest BCUT2D eigenvalue weighted by Crippen LogP contribution is -2.51. The van der Waals surface area contributed by atoms with E-state index in [1.807, 2.05) is 19.4 Å². The number of nitrogens with zero attached hydrogens (tertiary/aromatic N) is 6. The Morgan fingerprint density at radius 3 is 2.86 bits per heavy atom. The van der Waals surface area contributed by atoms with Gasteiger partial charge in [-0.05, 0) is 6.92 Å². The third kappa shape index (κ3) is 3.00. The molecule has 0 spiro atoms. The highest BCUT2D eigenvalue weighted by atomic mass is 35.5. The van der Waals surface area contributed by atoms with Gasteiger partial charge in [0.2, 0.25) is 0 Å². The average Bonchev–Trinajstić information content (AvgIpc) is 2.89. The number of piperazine rings is 1. The van der Waals surface area contributed by atoms with Crippen molar-refractivity contribution in [3.8, 4) is 0 Å². The summed E-state index contributed by atoms with van der Waals surface area (Å²) in [5, 5.41) is 8.04. The fraction of sp³-hybridized carbons (Fsp3) is 0.500. The number of imidazole rings is 1. The third-order valence-electron chi connectivity index (χ3n) is 4.14. The minimum atomic E-state index is 0.368. The van der Waals surface area contributed by atoms with Crippen LogP contribution in [0.3, 0.4) is 0 Å². The Kier molecular flexibility index (Phi) is 4.17. The molecule has 3 heterocycles. The topological polar surface area (TPSA) is 76.1 Å². The van der Waals surface area contributed by atoms with Crippen LogP contribution in [0.4, 0.5) is 11.5 Å². The normalized spacial score (nSPS) is 19.6. The number of nitrogens with two attached hydrogens (primary N) is 1. The molecule has 1 atom stereocenters. The van der Waals surface area contributed by atoms with Crippen LogP contribution in [0, 0.1) is 0 Å². The SMILES string of the molecule is CC1CN(c2cc(Cl)nnc2N)CCN1Cc1nccn1C. The van der Waals surface area contributed by atoms with Gasteiger partial charge >= 0.3 is 0 Å². The van der Waals surface area contributed by atoms with Crippen LogP contribution in [0.5, 0.6) is 0 Å². The zero-order chi connectivity index (χ0) is 15.7. The molecule has 0 bridgehead atoms. The molecule has 1 fully saturated rings. The lowest BCUT2D eigenvalue weighted by molar-refractivity contribution is 0.175. The van der Waals surface area contributed by atoms with Gasteiger partial charge in [-0.2, -0.15) is 0 Å². The van der Waals surface area contributed by atoms with Crippen LogP contribution in [0.15, 0.2) is 18.5 Å². The first-order chi connectivity index (χ1) is 10.5. The summed E-state index contributed by atoms with van der Waals surface area (Å²) in [4.78, 5) is 9.04. The fourth-order valence-corrected chi connectivity index (χ4v) is 2.94. The molecule has 3 rings (SSSR count). The van der Waals surface area contributed by atoms with E-state index in [9.17, 15) is 0 Å². The number of halogens is 1. The number of hydrogen-bond acceptors (Lipinski definition) is 6. The summed E-state index contributed by atoms with van der Waals surface area (Å²) in [5.74, 6) is 1.50. The Morgan fingerprint density at radius 1 is 1.36 bits per heavy atom. The summed E-state index contributed by atoms with van der Waals surface area (Å²) in [6.07, 6.45) is 3.81. The molecule has 2 aromatic heterocycles. The van der Waals surface area contributed by atoms with Gasteiger partial charge in [0.05, 0.1) is 12.2 Å². The van der Waals surface area contributed by atoms with Crippen LogP contribution < -0.4 is 10.6 Å². The third-order valence-corrected chi connectivity index (χ3v) is 4.33. The molecule has 1 saturated heterocycles. The Labute approximate surface area is 134 Å². The second-order valence-corrected chi connectivity index (χ2v) is 6.04. The van der Waals surface area contributed by atoms with E-state index >= 15 is 0 Å². The average molecular weight is 322 g/mol. The van der Waals surface area contributed by atoms with Crippen molar-refractivity contribution >= 4 is 23.1 Å². The van der Waals surface area contributed by atoms with Crippen molar-refractivity contribution in [2.24, 2.45) is 7.05 Å². The maximum absolute atomic E-state index is 5.94. The molecular weight excluding hydrogens is 302 g/mol. The smallest absolute Gasteiger partial charge is 0.169 e. The number of hydrogen-bond donors (Lipinski definition) is 1. The van der Waals surface area contributed by atoms with E-state index in [-0.39, 0.29) is 0 Å². The molecule has 0 radical (unpaired) electrons. The minimum absolute atomic E-state index is 0.368. The van der Waals surface area contributed by atoms with E-state index in [2.05, 4.69) is 36.5 Å². The predicted octanol–water partition coefficient (Wildman–Crippen LogP) is 1.16. The standard InChI is InChI=1S/C14H20ClN7/c1-10-8-22(11-7-12(15)18-19-14(11)16)6-5-21(10)9-13-17-3-4-20(13)2/h3-4,7,10H,5-6,8-9H2,1-2H3,(H2,16,19). The van der Waals surface area contributed by atoms with E-state index in [0.29, 0.717) is 17.0 Å². The number of aryl methyl sites for hydroxylation is 1. The highest BCUT2D eigenvalue weighted by molar-refractivity contribution is 6.29. The van der Waals surface area contributed by atoms with Gasteiger partial charge in [0.25, 0.3) is 0 Å². The zero-order valence-electron chi connectivity index (χ0n) is 12.8. The van der Waals surface area contributed by atoms with Gasteiger partial charge in [-0.15, -0.1) is 10.2 Å². The predicted molar refractivity (Wildman–Crippen MR) is 86.7 cm³/mol. The maximum Gasteiger partial charge on any atom is 0.169 e. The molecule has 0 aromatic carbocycles. The molecule has 0 aliphatic carbocycles. The summed E-state index contributed by atoms with van der Waals surface area (Å²) >= 11 is 5.94. The van der Waals surface area contributed by atoms with E-state index in [1.54, 1.807) is 6.07 Å². The summed E-state index contributed by atoms with van der Waals surface area (Å²) < 4.78 is 2.06. The van der Waals surface area contributed by atoms with Crippen molar-refractivity contribution < 1.29 is 0 Å². The molecule has 1 unspecified atom stereocenters. The first-order valence-electron chi connectivity index (χ1n) is 7.28. The fourth-order valence-electron chi connectivity index (χ4n) is 2.80. The largest absolute Gasteiger partial charge is 0.380 e. The van der Waals surface area contributed by atoms with E-state index in [4.69, 9.17) is 17.3 Å². The molecule has 2 aromatic rings. The van der Waals surface area contributed by atoms with Crippen LogP contribution >= 0.6 is 11.6 Å². The molecule has 7 nitrogen and oxygen atoms in total. The second-order valence-electron chi connectivity index (χ2n) is 5.66. The first-order valence-corrected chi connectivity index (χ1v) is 7.66. The molecule has 0 amide bonds. The summed E-state index contributed by atoms with van der Waals surface area (Å²) in [5.41, 5.74) is 6.79. The molecule has 0 saturated carbocycles. The maximum atomic E-state index is 5.94. The van der Waals surface area contributed by atoms with Crippen LogP contribution in [0.1, 0.15) is 12.7 Å². The van der Waals surface area contributed by atoms with Gasteiger partial charge in [0, 0.05) is 51.2 Å². The number of rotatable bonds is 3. The van der Waals surface area contributed by atoms with Gasteiger partial charge in [0.15, 0.2) is 11.0 Å². The van der Waals surface area contributed by atoms with Crippen LogP contribution in [0.2, 0.25) is 5.15 Å². The molecule has 8 heteroatoms. The zero-order valence-corrected chi connectivity index (χ0v) is 13.5. The molecule has 22 heavy (non-hydrogen) atoms. The van der Waals surface area contributed by atoms with Crippen molar-refractivity contribution in [2.75, 3.05) is 30.3 Å². The first kappa shape index (κ1) is 15.1. The summed E-state index contributed by atoms with van der Waals surface area (Å²) in [6.45, 7) is 5.75. The van der Waals surface area contributed by atoms with Gasteiger partial charge in [-0.25, -0.2) is 4.98 Å². The summed E-state index contributed by atoms with van der Waals surface area (Å²) in [7, 11) is 2.02. The van der Waals surface area contributed by atoms with Gasteiger partial charge in [0.1, 0.15) is 5.82 Å². The van der Waals surface area contributed by atoms with E-state index in [0.717, 1.165) is 37.7 Å². The molecule has 118 valence electrons. The monoisotopic (exact) mass is 321 g/mol. The van der Waals surface area contributed by atoms with Crippen molar-refractivity contribution in [1.82, 2.24) is 24.6 Å². The van der Waals surface area contributed by atoms with Crippen LogP contribution in [-0.2, 0) is 13.6 Å². The lowest BCUT2D eigenvalue weighted by Gasteiger charge is -2.40. The van der Waals surface area contributed by atoms with E-state index < -0.39 is 0 Å². The molecule has 1 aliphatic rings. The Morgan fingerprint density at radius 2 is 2.18 bits per heavy atom. The molecule has 2 N–H and O–H groups in total. The number of nitrogen functional groups attached to an aromatic ring is 1. The quantitative estimate of drug-likeness (QED) is 0.914. The second kappa shape index (κ2) is 6.10. The molecular formula is C14H20ClN7. The van der Waals surface area contributed by atoms with Crippen molar-refractivity contribution in [2.45, 2.75) is 19.5 Å². The highest BCUT2D eigenvalue weighted by Crippen LogP contribution is 2.26. The Hall–Kier alpha value is -1.86. The van der Waals surface area contributed by atoms with Crippen molar-refractivity contribution in [3.05, 3.63) is 29.4 Å². The lowest BCUT2D eigenvalue weighted by atomic mass is 10.1. The Balaban J connectivity index is 1.69. The number of anilines is 2. The van der Waals surface area contributed by atoms with Gasteiger partial charge in [-0.3, -0.25) is 4.90 Å². The number of aromatic nitrogens is 4. The van der Waals surface area contributed by atoms with Gasteiger partial charge < -0.3 is 15.2 Å². The van der Waals surface area contributed by atoms with E-state index in [1.165, 1.54) is 0 Å². The van der Waals surface area contributed by atoms with Crippen molar-refractivity contribution in [3.63, 3.8) is 0 Å².